The summed E-state index contributed by atoms with van der Waals surface area (Å²) in [6.45, 7) is 14.3. The predicted molar refractivity (Wildman–Crippen MR) is 77.8 cm³/mol. The van der Waals surface area contributed by atoms with Crippen molar-refractivity contribution in [2.45, 2.75) is 66.7 Å². The summed E-state index contributed by atoms with van der Waals surface area (Å²) in [5.41, 5.74) is 2.60. The lowest BCUT2D eigenvalue weighted by Gasteiger charge is -1.95. The number of unbranched alkanes of at least 4 members (excludes halogenated alkanes) is 4. The van der Waals surface area contributed by atoms with Crippen LogP contribution < -0.4 is 0 Å². The van der Waals surface area contributed by atoms with Gasteiger partial charge in [-0.2, -0.15) is 0 Å². The van der Waals surface area contributed by atoms with Crippen molar-refractivity contribution in [3.05, 3.63) is 36.0 Å². The number of hydrogen-bond acceptors (Lipinski definition) is 0. The van der Waals surface area contributed by atoms with Gasteiger partial charge in [0.2, 0.25) is 0 Å². The van der Waals surface area contributed by atoms with Crippen LogP contribution >= 0.6 is 0 Å². The van der Waals surface area contributed by atoms with E-state index in [1.54, 1.807) is 0 Å². The predicted octanol–water partition coefficient (Wildman–Crippen LogP) is 6.06. The summed E-state index contributed by atoms with van der Waals surface area (Å²) in [5, 5.41) is 0. The van der Waals surface area contributed by atoms with Crippen LogP contribution in [-0.2, 0) is 0 Å². The quantitative estimate of drug-likeness (QED) is 0.378. The van der Waals surface area contributed by atoms with Gasteiger partial charge in [-0.15, -0.1) is 0 Å². The molecule has 0 saturated carbocycles. The van der Waals surface area contributed by atoms with Crippen LogP contribution in [0, 0.1) is 0 Å². The van der Waals surface area contributed by atoms with Gasteiger partial charge in [0.25, 0.3) is 0 Å². The molecule has 0 N–H and O–H groups in total. The van der Waals surface area contributed by atoms with Crippen molar-refractivity contribution in [3.8, 4) is 0 Å². The van der Waals surface area contributed by atoms with Crippen LogP contribution in [0.1, 0.15) is 66.7 Å². The molecule has 0 heteroatoms. The lowest BCUT2D eigenvalue weighted by molar-refractivity contribution is 0.656. The molecular weight excluding hydrogens is 192 g/mol. The maximum absolute atomic E-state index is 3.61. The molecule has 0 unspecified atom stereocenters. The van der Waals surface area contributed by atoms with Gasteiger partial charge in [-0.25, -0.2) is 0 Å². The van der Waals surface area contributed by atoms with E-state index in [0.717, 1.165) is 0 Å². The van der Waals surface area contributed by atoms with E-state index >= 15 is 0 Å². The van der Waals surface area contributed by atoms with Crippen LogP contribution in [0.5, 0.6) is 0 Å². The largest absolute Gasteiger partial charge is 0.0991 e. The fraction of sp³-hybridized carbons (Fsp3) is 0.625. The molecule has 0 fully saturated rings. The highest BCUT2D eigenvalue weighted by Gasteiger charge is 1.85. The fourth-order valence-corrected chi connectivity index (χ4v) is 1.21. The Hall–Kier alpha value is -0.780. The molecule has 0 heterocycles. The van der Waals surface area contributed by atoms with Crippen molar-refractivity contribution in [1.82, 2.24) is 0 Å². The van der Waals surface area contributed by atoms with Gasteiger partial charge in [0.15, 0.2) is 0 Å². The number of allylic oxidation sites excluding steroid dienone is 5. The van der Waals surface area contributed by atoms with Gasteiger partial charge in [0, 0.05) is 0 Å². The average molecular weight is 222 g/mol. The summed E-state index contributed by atoms with van der Waals surface area (Å²) in [4.78, 5) is 0. The molecule has 0 amide bonds. The van der Waals surface area contributed by atoms with Gasteiger partial charge >= 0.3 is 0 Å². The molecule has 0 spiro atoms. The third kappa shape index (κ3) is 13.2. The Bertz CT molecular complexity index is 202. The second-order valence-corrected chi connectivity index (χ2v) is 4.12. The Kier molecular flexibility index (Phi) is 15.7. The third-order valence-electron chi connectivity index (χ3n) is 2.63. The van der Waals surface area contributed by atoms with E-state index < -0.39 is 0 Å². The first-order valence-electron chi connectivity index (χ1n) is 6.56. The molecule has 0 bridgehead atoms. The van der Waals surface area contributed by atoms with Crippen LogP contribution in [0.25, 0.3) is 0 Å². The van der Waals surface area contributed by atoms with Gasteiger partial charge in [0.1, 0.15) is 0 Å². The molecular formula is C16H30. The van der Waals surface area contributed by atoms with E-state index in [1.165, 1.54) is 43.3 Å². The highest BCUT2D eigenvalue weighted by atomic mass is 13.9. The molecule has 0 aromatic carbocycles. The normalized spacial score (nSPS) is 11.8. The highest BCUT2D eigenvalue weighted by Crippen LogP contribution is 2.06. The van der Waals surface area contributed by atoms with Crippen LogP contribution in [-0.4, -0.2) is 0 Å². The molecule has 0 radical (unpaired) electrons. The molecule has 0 aromatic rings. The zero-order valence-electron chi connectivity index (χ0n) is 12.0. The van der Waals surface area contributed by atoms with E-state index in [1.807, 2.05) is 19.1 Å². The Morgan fingerprint density at radius 2 is 1.44 bits per heavy atom. The summed E-state index contributed by atoms with van der Waals surface area (Å²) in [6, 6.07) is 0. The molecule has 0 rings (SSSR count). The van der Waals surface area contributed by atoms with Gasteiger partial charge < -0.3 is 0 Å². The van der Waals surface area contributed by atoms with Gasteiger partial charge in [-0.05, 0) is 26.3 Å². The highest BCUT2D eigenvalue weighted by molar-refractivity contribution is 5.28. The molecule has 0 aromatic heterocycles. The van der Waals surface area contributed by atoms with E-state index in [0.29, 0.717) is 0 Å². The molecule has 0 saturated heterocycles. The van der Waals surface area contributed by atoms with Gasteiger partial charge in [-0.3, -0.25) is 0 Å². The molecule has 94 valence electrons. The Labute approximate surface area is 103 Å². The summed E-state index contributed by atoms with van der Waals surface area (Å²) >= 11 is 0. The Balaban J connectivity index is 0. The summed E-state index contributed by atoms with van der Waals surface area (Å²) < 4.78 is 0. The topological polar surface area (TPSA) is 0 Å². The monoisotopic (exact) mass is 222 g/mol. The van der Waals surface area contributed by atoms with Gasteiger partial charge in [-0.1, -0.05) is 76.3 Å². The Morgan fingerprint density at radius 3 is 1.75 bits per heavy atom. The molecule has 0 aliphatic heterocycles. The van der Waals surface area contributed by atoms with E-state index in [2.05, 4.69) is 40.3 Å². The summed E-state index contributed by atoms with van der Waals surface area (Å²) in [5.74, 6) is 0. The number of hydrogen-bond donors (Lipinski definition) is 0. The minimum absolute atomic E-state index is 1.28. The molecule has 16 heavy (non-hydrogen) atoms. The third-order valence-corrected chi connectivity index (χ3v) is 2.63. The smallest absolute Gasteiger partial charge is 0.0395 e. The van der Waals surface area contributed by atoms with Crippen molar-refractivity contribution >= 4 is 0 Å². The standard InChI is InChI=1S/C9H14.C7H16/c1-5-7-9(4)8(3)6-2;1-3-5-7-6-4-2/h5-7H,1H2,2-4H3;3-7H2,1-2H3/b8-6-,9-7-;. The van der Waals surface area contributed by atoms with Crippen molar-refractivity contribution in [1.29, 1.82) is 0 Å². The van der Waals surface area contributed by atoms with Gasteiger partial charge in [0.05, 0.1) is 0 Å². The maximum Gasteiger partial charge on any atom is -0.0395 e. The van der Waals surface area contributed by atoms with Crippen molar-refractivity contribution in [3.63, 3.8) is 0 Å². The summed E-state index contributed by atoms with van der Waals surface area (Å²) in [6.07, 6.45) is 12.9. The van der Waals surface area contributed by atoms with E-state index in [-0.39, 0.29) is 0 Å². The molecule has 0 aliphatic carbocycles. The van der Waals surface area contributed by atoms with Crippen molar-refractivity contribution in [2.24, 2.45) is 0 Å². The van der Waals surface area contributed by atoms with Crippen LogP contribution in [0.2, 0.25) is 0 Å². The average Bonchev–Trinajstić information content (AvgIpc) is 2.30. The first-order chi connectivity index (χ1) is 7.63. The van der Waals surface area contributed by atoms with Crippen LogP contribution in [0.3, 0.4) is 0 Å². The fourth-order valence-electron chi connectivity index (χ4n) is 1.21. The zero-order valence-corrected chi connectivity index (χ0v) is 12.0. The minimum Gasteiger partial charge on any atom is -0.0991 e. The minimum atomic E-state index is 1.28. The maximum atomic E-state index is 3.61. The lowest BCUT2D eigenvalue weighted by atomic mass is 10.1. The SMILES string of the molecule is C=C/C=C(C)\C(C)=C/C.CCCCCCC. The van der Waals surface area contributed by atoms with E-state index in [4.69, 9.17) is 0 Å². The van der Waals surface area contributed by atoms with Crippen LogP contribution in [0.4, 0.5) is 0 Å². The first-order valence-corrected chi connectivity index (χ1v) is 6.56. The van der Waals surface area contributed by atoms with Crippen LogP contribution in [0.15, 0.2) is 36.0 Å². The molecule has 0 atom stereocenters. The summed E-state index contributed by atoms with van der Waals surface area (Å²) in [7, 11) is 0. The Morgan fingerprint density at radius 1 is 0.938 bits per heavy atom. The first kappa shape index (κ1) is 17.6. The van der Waals surface area contributed by atoms with E-state index in [9.17, 15) is 0 Å². The number of rotatable bonds is 6. The van der Waals surface area contributed by atoms with Crippen molar-refractivity contribution < 1.29 is 0 Å². The zero-order chi connectivity index (χ0) is 12.8. The molecule has 0 aliphatic rings. The molecule has 0 nitrogen and oxygen atoms in total. The second-order valence-electron chi connectivity index (χ2n) is 4.12. The lowest BCUT2D eigenvalue weighted by Crippen LogP contribution is -1.75. The second kappa shape index (κ2) is 14.2. The van der Waals surface area contributed by atoms with Crippen molar-refractivity contribution in [2.75, 3.05) is 0 Å².